The van der Waals surface area contributed by atoms with Crippen molar-refractivity contribution in [2.45, 2.75) is 46.8 Å². The van der Waals surface area contributed by atoms with Crippen molar-refractivity contribution >= 4 is 11.7 Å². The largest absolute Gasteiger partial charge is 0.489 e. The summed E-state index contributed by atoms with van der Waals surface area (Å²) < 4.78 is 12.7. The molecule has 1 atom stereocenters. The Morgan fingerprint density at radius 2 is 2.00 bits per heavy atom. The van der Waals surface area contributed by atoms with Crippen LogP contribution in [0.5, 0.6) is 5.75 Å². The van der Waals surface area contributed by atoms with Crippen LogP contribution in [0.1, 0.15) is 53.7 Å². The number of amides is 1. The number of ether oxygens (including phenoxy) is 1. The van der Waals surface area contributed by atoms with Crippen molar-refractivity contribution < 1.29 is 14.1 Å². The number of benzene rings is 1. The van der Waals surface area contributed by atoms with E-state index in [2.05, 4.69) is 29.4 Å². The fourth-order valence-corrected chi connectivity index (χ4v) is 2.69. The summed E-state index contributed by atoms with van der Waals surface area (Å²) >= 11 is 0. The second kappa shape index (κ2) is 8.07. The molecular weight excluding hydrogens is 344 g/mol. The maximum atomic E-state index is 12.5. The number of nitrogens with zero attached hydrogens (tertiary/aromatic N) is 3. The number of rotatable bonds is 7. The van der Waals surface area contributed by atoms with Gasteiger partial charge in [0.1, 0.15) is 23.9 Å². The third-order valence-corrected chi connectivity index (χ3v) is 4.60. The fourth-order valence-electron chi connectivity index (χ4n) is 2.69. The van der Waals surface area contributed by atoms with Gasteiger partial charge in [0.25, 0.3) is 5.91 Å². The first-order valence-electron chi connectivity index (χ1n) is 8.99. The molecule has 0 bridgehead atoms. The zero-order chi connectivity index (χ0) is 19.4. The fraction of sp³-hybridized carbons (Fsp3) is 0.350. The average Bonchev–Trinajstić information content (AvgIpc) is 3.26. The summed E-state index contributed by atoms with van der Waals surface area (Å²) in [4.78, 5) is 12.5. The van der Waals surface area contributed by atoms with Gasteiger partial charge in [0, 0.05) is 11.6 Å². The Morgan fingerprint density at radius 3 is 2.63 bits per heavy atom. The normalized spacial score (nSPS) is 12.0. The molecule has 0 saturated carbocycles. The number of hydrogen-bond donors (Lipinski definition) is 1. The van der Waals surface area contributed by atoms with E-state index in [0.29, 0.717) is 23.7 Å². The maximum absolute atomic E-state index is 12.5. The van der Waals surface area contributed by atoms with Crippen LogP contribution < -0.4 is 10.1 Å². The lowest BCUT2D eigenvalue weighted by atomic mass is 10.2. The van der Waals surface area contributed by atoms with Crippen molar-refractivity contribution in [3.63, 3.8) is 0 Å². The van der Waals surface area contributed by atoms with E-state index in [4.69, 9.17) is 9.26 Å². The van der Waals surface area contributed by atoms with Crippen LogP contribution in [-0.2, 0) is 6.61 Å². The molecule has 3 rings (SSSR count). The summed E-state index contributed by atoms with van der Waals surface area (Å²) in [5.74, 6) is 1.93. The highest BCUT2D eigenvalue weighted by molar-refractivity contribution is 6.03. The van der Waals surface area contributed by atoms with Crippen molar-refractivity contribution in [1.82, 2.24) is 14.9 Å². The number of aromatic nitrogens is 3. The lowest BCUT2D eigenvalue weighted by molar-refractivity contribution is 0.102. The molecule has 1 unspecified atom stereocenters. The molecule has 142 valence electrons. The van der Waals surface area contributed by atoms with Crippen LogP contribution >= 0.6 is 0 Å². The first-order valence-corrected chi connectivity index (χ1v) is 8.99. The molecule has 1 N–H and O–H groups in total. The van der Waals surface area contributed by atoms with Crippen LogP contribution in [0.4, 0.5) is 5.82 Å². The number of aryl methyl sites for hydroxylation is 2. The van der Waals surface area contributed by atoms with E-state index in [9.17, 15) is 4.79 Å². The van der Waals surface area contributed by atoms with Gasteiger partial charge in [-0.25, -0.2) is 4.68 Å². The van der Waals surface area contributed by atoms with Gasteiger partial charge >= 0.3 is 0 Å². The third-order valence-electron chi connectivity index (χ3n) is 4.60. The Hall–Kier alpha value is -3.09. The summed E-state index contributed by atoms with van der Waals surface area (Å²) in [6.45, 7) is 8.26. The highest BCUT2D eigenvalue weighted by Gasteiger charge is 2.13. The molecule has 0 saturated heterocycles. The second-order valence-electron chi connectivity index (χ2n) is 6.49. The SMILES string of the molecule is CCC(C)n1nccc1NC(=O)c1ccc(OCc2c(C)noc2C)cc1. The van der Waals surface area contributed by atoms with Crippen LogP contribution in [0.15, 0.2) is 41.1 Å². The molecule has 3 aromatic rings. The predicted octanol–water partition coefficient (Wildman–Crippen LogP) is 4.29. The van der Waals surface area contributed by atoms with E-state index in [-0.39, 0.29) is 11.9 Å². The molecule has 7 heteroatoms. The number of hydrogen-bond acceptors (Lipinski definition) is 5. The Kier molecular flexibility index (Phi) is 5.59. The molecule has 1 amide bonds. The molecule has 0 aliphatic rings. The van der Waals surface area contributed by atoms with Gasteiger partial charge in [-0.2, -0.15) is 5.10 Å². The predicted molar refractivity (Wildman–Crippen MR) is 102 cm³/mol. The van der Waals surface area contributed by atoms with Gasteiger partial charge in [-0.05, 0) is 51.5 Å². The number of nitrogens with one attached hydrogen (secondary N) is 1. The van der Waals surface area contributed by atoms with Gasteiger partial charge in [-0.15, -0.1) is 0 Å². The highest BCUT2D eigenvalue weighted by Crippen LogP contribution is 2.20. The van der Waals surface area contributed by atoms with E-state index < -0.39 is 0 Å². The molecule has 0 aliphatic carbocycles. The topological polar surface area (TPSA) is 82.2 Å². The smallest absolute Gasteiger partial charge is 0.256 e. The van der Waals surface area contributed by atoms with Gasteiger partial charge in [-0.1, -0.05) is 12.1 Å². The van der Waals surface area contributed by atoms with Gasteiger partial charge < -0.3 is 14.6 Å². The number of carbonyl (C=O) groups excluding carboxylic acids is 1. The van der Waals surface area contributed by atoms with E-state index in [1.54, 1.807) is 36.5 Å². The summed E-state index contributed by atoms with van der Waals surface area (Å²) in [7, 11) is 0. The van der Waals surface area contributed by atoms with Crippen molar-refractivity contribution in [3.8, 4) is 5.75 Å². The third kappa shape index (κ3) is 4.19. The molecule has 0 fully saturated rings. The zero-order valence-electron chi connectivity index (χ0n) is 16.0. The Morgan fingerprint density at radius 1 is 1.26 bits per heavy atom. The number of anilines is 1. The quantitative estimate of drug-likeness (QED) is 0.673. The van der Waals surface area contributed by atoms with Crippen LogP contribution in [0, 0.1) is 13.8 Å². The Labute approximate surface area is 158 Å². The van der Waals surface area contributed by atoms with Crippen LogP contribution in [0.2, 0.25) is 0 Å². The highest BCUT2D eigenvalue weighted by atomic mass is 16.5. The van der Waals surface area contributed by atoms with Crippen molar-refractivity contribution in [3.05, 3.63) is 59.1 Å². The van der Waals surface area contributed by atoms with Crippen LogP contribution in [0.3, 0.4) is 0 Å². The van der Waals surface area contributed by atoms with E-state index >= 15 is 0 Å². The molecule has 0 radical (unpaired) electrons. The molecule has 2 aromatic heterocycles. The summed E-state index contributed by atoms with van der Waals surface area (Å²) in [6, 6.07) is 9.04. The van der Waals surface area contributed by atoms with Crippen molar-refractivity contribution in [1.29, 1.82) is 0 Å². The first kappa shape index (κ1) is 18.7. The lowest BCUT2D eigenvalue weighted by Crippen LogP contribution is -2.17. The molecule has 27 heavy (non-hydrogen) atoms. The summed E-state index contributed by atoms with van der Waals surface area (Å²) in [5.41, 5.74) is 2.31. The first-order chi connectivity index (χ1) is 13.0. The van der Waals surface area contributed by atoms with Crippen LogP contribution in [-0.4, -0.2) is 20.8 Å². The summed E-state index contributed by atoms with van der Waals surface area (Å²) in [6.07, 6.45) is 2.62. The zero-order valence-corrected chi connectivity index (χ0v) is 16.0. The van der Waals surface area contributed by atoms with Gasteiger partial charge in [0.05, 0.1) is 23.5 Å². The molecular formula is C20H24N4O3. The van der Waals surface area contributed by atoms with Crippen LogP contribution in [0.25, 0.3) is 0 Å². The molecule has 2 heterocycles. The molecule has 1 aromatic carbocycles. The van der Waals surface area contributed by atoms with Gasteiger partial charge in [-0.3, -0.25) is 4.79 Å². The maximum Gasteiger partial charge on any atom is 0.256 e. The molecule has 7 nitrogen and oxygen atoms in total. The lowest BCUT2D eigenvalue weighted by Gasteiger charge is -2.14. The minimum Gasteiger partial charge on any atom is -0.489 e. The van der Waals surface area contributed by atoms with Gasteiger partial charge in [0.2, 0.25) is 0 Å². The van der Waals surface area contributed by atoms with Crippen molar-refractivity contribution in [2.75, 3.05) is 5.32 Å². The minimum atomic E-state index is -0.183. The van der Waals surface area contributed by atoms with Crippen molar-refractivity contribution in [2.24, 2.45) is 0 Å². The van der Waals surface area contributed by atoms with Gasteiger partial charge in [0.15, 0.2) is 0 Å². The van der Waals surface area contributed by atoms with E-state index in [1.807, 2.05) is 18.5 Å². The summed E-state index contributed by atoms with van der Waals surface area (Å²) in [5, 5.41) is 11.1. The number of carbonyl (C=O) groups is 1. The van der Waals surface area contributed by atoms with E-state index in [0.717, 1.165) is 23.4 Å². The monoisotopic (exact) mass is 368 g/mol. The second-order valence-corrected chi connectivity index (χ2v) is 6.49. The Bertz CT molecular complexity index is 892. The standard InChI is InChI=1S/C20H24N4O3/c1-5-13(2)24-19(10-11-21-24)22-20(25)16-6-8-17(9-7-16)26-12-18-14(3)23-27-15(18)4/h6-11,13H,5,12H2,1-4H3,(H,22,25). The Balaban J connectivity index is 1.63. The minimum absolute atomic E-state index is 0.183. The average molecular weight is 368 g/mol. The van der Waals surface area contributed by atoms with E-state index in [1.165, 1.54) is 0 Å². The molecule has 0 aliphatic heterocycles. The molecule has 0 spiro atoms.